The van der Waals surface area contributed by atoms with Crippen LogP contribution < -0.4 is 5.48 Å². The summed E-state index contributed by atoms with van der Waals surface area (Å²) in [7, 11) is 0. The van der Waals surface area contributed by atoms with Crippen LogP contribution in [0, 0.1) is 40.9 Å². The van der Waals surface area contributed by atoms with Gasteiger partial charge in [0.05, 0.1) is 5.60 Å². The monoisotopic (exact) mass is 335 g/mol. The van der Waals surface area contributed by atoms with Crippen LogP contribution in [0.5, 0.6) is 0 Å². The predicted octanol–water partition coefficient (Wildman–Crippen LogP) is 4.37. The van der Waals surface area contributed by atoms with Gasteiger partial charge in [-0.2, -0.15) is 0 Å². The molecule has 0 spiro atoms. The average Bonchev–Trinajstić information content (AvgIpc) is 2.90. The molecular weight excluding hydrogens is 298 g/mol. The van der Waals surface area contributed by atoms with E-state index < -0.39 is 5.60 Å². The molecule has 2 unspecified atom stereocenters. The first kappa shape index (κ1) is 17.3. The Morgan fingerprint density at radius 1 is 0.917 bits per heavy atom. The van der Waals surface area contributed by atoms with Crippen molar-refractivity contribution in [3.05, 3.63) is 0 Å². The van der Waals surface area contributed by atoms with Gasteiger partial charge in [-0.05, 0) is 113 Å². The quantitative estimate of drug-likeness (QED) is 0.657. The highest BCUT2D eigenvalue weighted by Crippen LogP contribution is 2.65. The molecule has 0 radical (unpaired) electrons. The van der Waals surface area contributed by atoms with Gasteiger partial charge in [0, 0.05) is 6.04 Å². The topological polar surface area (TPSA) is 52.5 Å². The zero-order chi connectivity index (χ0) is 17.1. The molecule has 4 aliphatic carbocycles. The molecule has 0 aromatic rings. The fourth-order valence-corrected chi connectivity index (χ4v) is 8.03. The third-order valence-electron chi connectivity index (χ3n) is 9.12. The highest BCUT2D eigenvalue weighted by molar-refractivity contribution is 5.07. The molecule has 0 aromatic carbocycles. The lowest BCUT2D eigenvalue weighted by Gasteiger charge is -2.57. The minimum atomic E-state index is -0.405. The number of hydrogen-bond donors (Lipinski definition) is 3. The molecule has 3 N–H and O–H groups in total. The molecule has 0 aliphatic heterocycles. The van der Waals surface area contributed by atoms with E-state index >= 15 is 0 Å². The van der Waals surface area contributed by atoms with Crippen molar-refractivity contribution in [2.75, 3.05) is 0 Å². The zero-order valence-electron chi connectivity index (χ0n) is 15.8. The Morgan fingerprint density at radius 3 is 2.42 bits per heavy atom. The Hall–Kier alpha value is -0.120. The predicted molar refractivity (Wildman–Crippen MR) is 95.6 cm³/mol. The van der Waals surface area contributed by atoms with Crippen LogP contribution in [0.25, 0.3) is 0 Å². The van der Waals surface area contributed by atoms with Crippen molar-refractivity contribution in [2.45, 2.75) is 90.2 Å². The second-order valence-corrected chi connectivity index (χ2v) is 10.3. The maximum Gasteiger partial charge on any atom is 0.0622 e. The first-order valence-corrected chi connectivity index (χ1v) is 10.5. The molecule has 4 rings (SSSR count). The molecule has 4 aliphatic rings. The van der Waals surface area contributed by atoms with Gasteiger partial charge >= 0.3 is 0 Å². The third kappa shape index (κ3) is 2.57. The van der Waals surface area contributed by atoms with E-state index in [9.17, 15) is 10.3 Å². The average molecular weight is 336 g/mol. The summed E-state index contributed by atoms with van der Waals surface area (Å²) in [6.07, 6.45) is 11.4. The van der Waals surface area contributed by atoms with Gasteiger partial charge in [-0.25, -0.2) is 5.48 Å². The second kappa shape index (κ2) is 5.96. The van der Waals surface area contributed by atoms with Crippen molar-refractivity contribution in [2.24, 2.45) is 40.9 Å². The van der Waals surface area contributed by atoms with E-state index in [0.29, 0.717) is 11.3 Å². The smallest absolute Gasteiger partial charge is 0.0622 e. The molecule has 3 heteroatoms. The fourth-order valence-electron chi connectivity index (χ4n) is 8.03. The largest absolute Gasteiger partial charge is 0.390 e. The second-order valence-electron chi connectivity index (χ2n) is 10.3. The Morgan fingerprint density at radius 2 is 1.67 bits per heavy atom. The van der Waals surface area contributed by atoms with E-state index in [1.54, 1.807) is 0 Å². The van der Waals surface area contributed by atoms with Crippen LogP contribution in [0.1, 0.15) is 78.6 Å². The fraction of sp³-hybridized carbons (Fsp3) is 1.00. The highest BCUT2D eigenvalue weighted by Gasteiger charge is 2.58. The van der Waals surface area contributed by atoms with E-state index in [1.807, 2.05) is 0 Å². The lowest BCUT2D eigenvalue weighted by molar-refractivity contribution is -0.103. The first-order chi connectivity index (χ1) is 11.4. The van der Waals surface area contributed by atoms with Crippen LogP contribution >= 0.6 is 0 Å². The number of hydrogen-bond acceptors (Lipinski definition) is 3. The first-order valence-electron chi connectivity index (χ1n) is 10.5. The Bertz CT molecular complexity index is 478. The molecule has 3 nitrogen and oxygen atoms in total. The maximum absolute atomic E-state index is 10.5. The van der Waals surface area contributed by atoms with Crippen molar-refractivity contribution in [3.8, 4) is 0 Å². The maximum atomic E-state index is 10.5. The SMILES string of the molecule is CC(NO)C1CC[C@H]2[C@@H]3CC[C@H]4C[C@](C)(O)CC[C@@H]4[C@H]3CC[C@]12C. The van der Waals surface area contributed by atoms with Gasteiger partial charge in [-0.3, -0.25) is 0 Å². The summed E-state index contributed by atoms with van der Waals surface area (Å²) in [5.74, 6) is 4.95. The standard InChI is InChI=1S/C21H37NO2/c1-13(22-24)18-6-7-19-17-5-4-14-12-20(2,23)10-8-15(14)16(17)9-11-21(18,19)3/h13-19,22-24H,4-12H2,1-3H3/t13?,14-,15-,16+,17+,18?,19-,20+,21+/m0/s1. The van der Waals surface area contributed by atoms with Crippen molar-refractivity contribution in [3.63, 3.8) is 0 Å². The molecule has 4 saturated carbocycles. The van der Waals surface area contributed by atoms with E-state index in [2.05, 4.69) is 26.3 Å². The van der Waals surface area contributed by atoms with Crippen molar-refractivity contribution >= 4 is 0 Å². The Kier molecular flexibility index (Phi) is 4.29. The van der Waals surface area contributed by atoms with Crippen LogP contribution in [0.15, 0.2) is 0 Å². The van der Waals surface area contributed by atoms with Gasteiger partial charge in [0.15, 0.2) is 0 Å². The van der Waals surface area contributed by atoms with Crippen LogP contribution in [0.3, 0.4) is 0 Å². The molecule has 24 heavy (non-hydrogen) atoms. The van der Waals surface area contributed by atoms with Gasteiger partial charge in [0.2, 0.25) is 0 Å². The summed E-state index contributed by atoms with van der Waals surface area (Å²) in [6.45, 7) is 6.74. The number of aliphatic hydroxyl groups is 1. The number of rotatable bonds is 2. The lowest BCUT2D eigenvalue weighted by Crippen LogP contribution is -2.52. The number of fused-ring (bicyclic) bond motifs is 5. The Balaban J connectivity index is 1.53. The summed E-state index contributed by atoms with van der Waals surface area (Å²) < 4.78 is 0. The molecule has 0 saturated heterocycles. The number of hydroxylamine groups is 1. The van der Waals surface area contributed by atoms with Crippen LogP contribution in [0.2, 0.25) is 0 Å². The molecule has 0 heterocycles. The molecule has 0 bridgehead atoms. The lowest BCUT2D eigenvalue weighted by atomic mass is 9.49. The molecule has 138 valence electrons. The van der Waals surface area contributed by atoms with Crippen molar-refractivity contribution < 1.29 is 10.3 Å². The Labute approximate surface area is 147 Å². The summed E-state index contributed by atoms with van der Waals surface area (Å²) in [4.78, 5) is 0. The summed E-state index contributed by atoms with van der Waals surface area (Å²) in [6, 6.07) is 0.220. The van der Waals surface area contributed by atoms with Gasteiger partial charge in [-0.1, -0.05) is 6.92 Å². The molecule has 9 atom stereocenters. The zero-order valence-corrected chi connectivity index (χ0v) is 15.8. The van der Waals surface area contributed by atoms with Crippen LogP contribution in [-0.2, 0) is 0 Å². The van der Waals surface area contributed by atoms with Gasteiger partial charge < -0.3 is 10.3 Å². The minimum absolute atomic E-state index is 0.220. The highest BCUT2D eigenvalue weighted by atomic mass is 16.5. The van der Waals surface area contributed by atoms with Gasteiger partial charge in [0.1, 0.15) is 0 Å². The van der Waals surface area contributed by atoms with Crippen molar-refractivity contribution in [1.29, 1.82) is 0 Å². The number of nitrogens with one attached hydrogen (secondary N) is 1. The molecular formula is C21H37NO2. The van der Waals surface area contributed by atoms with Gasteiger partial charge in [0.25, 0.3) is 0 Å². The van der Waals surface area contributed by atoms with Crippen LogP contribution in [0.4, 0.5) is 0 Å². The van der Waals surface area contributed by atoms with E-state index in [1.165, 1.54) is 44.9 Å². The molecule has 4 fully saturated rings. The van der Waals surface area contributed by atoms with E-state index in [-0.39, 0.29) is 6.04 Å². The van der Waals surface area contributed by atoms with E-state index in [0.717, 1.165) is 42.4 Å². The molecule has 0 amide bonds. The van der Waals surface area contributed by atoms with Crippen LogP contribution in [-0.4, -0.2) is 22.0 Å². The third-order valence-corrected chi connectivity index (χ3v) is 9.12. The summed E-state index contributed by atoms with van der Waals surface area (Å²) in [5.41, 5.74) is 2.58. The van der Waals surface area contributed by atoms with Crippen molar-refractivity contribution in [1.82, 2.24) is 5.48 Å². The molecule has 0 aromatic heterocycles. The summed E-state index contributed by atoms with van der Waals surface area (Å²) in [5, 5.41) is 20.0. The normalized spacial score (nSPS) is 55.4. The van der Waals surface area contributed by atoms with Gasteiger partial charge in [-0.15, -0.1) is 0 Å². The minimum Gasteiger partial charge on any atom is -0.390 e. The summed E-state index contributed by atoms with van der Waals surface area (Å²) >= 11 is 0. The van der Waals surface area contributed by atoms with E-state index in [4.69, 9.17) is 0 Å².